The number of hydrogen-bond acceptors (Lipinski definition) is 8. The number of hydrogen-bond donors (Lipinski definition) is 2. The topological polar surface area (TPSA) is 102 Å². The first-order chi connectivity index (χ1) is 17.2. The van der Waals surface area contributed by atoms with E-state index in [4.69, 9.17) is 13.9 Å². The molecule has 0 saturated carbocycles. The summed E-state index contributed by atoms with van der Waals surface area (Å²) in [5.74, 6) is 0.0720. The summed E-state index contributed by atoms with van der Waals surface area (Å²) in [6.07, 6.45) is 0. The van der Waals surface area contributed by atoms with Crippen molar-refractivity contribution in [1.29, 1.82) is 0 Å². The predicted molar refractivity (Wildman–Crippen MR) is 132 cm³/mol. The van der Waals surface area contributed by atoms with Gasteiger partial charge in [-0.2, -0.15) is 0 Å². The highest BCUT2D eigenvalue weighted by atomic mass is 16.5. The van der Waals surface area contributed by atoms with Gasteiger partial charge in [0.15, 0.2) is 0 Å². The Morgan fingerprint density at radius 2 is 1.71 bits per heavy atom. The van der Waals surface area contributed by atoms with Gasteiger partial charge in [-0.05, 0) is 42.0 Å². The molecule has 5 rings (SSSR count). The van der Waals surface area contributed by atoms with E-state index in [9.17, 15) is 4.79 Å². The zero-order chi connectivity index (χ0) is 23.9. The van der Waals surface area contributed by atoms with Crippen LogP contribution in [0.2, 0.25) is 0 Å². The molecule has 1 amide bonds. The summed E-state index contributed by atoms with van der Waals surface area (Å²) >= 11 is 0. The summed E-state index contributed by atoms with van der Waals surface area (Å²) in [4.78, 5) is 14.8. The molecule has 1 fully saturated rings. The summed E-state index contributed by atoms with van der Waals surface area (Å²) in [5.41, 5.74) is 3.51. The molecule has 0 spiro atoms. The number of anilines is 4. The Morgan fingerprint density at radius 3 is 2.51 bits per heavy atom. The molecule has 9 nitrogen and oxygen atoms in total. The van der Waals surface area contributed by atoms with Gasteiger partial charge in [-0.25, -0.2) is 0 Å². The van der Waals surface area contributed by atoms with E-state index in [0.717, 1.165) is 37.6 Å². The molecule has 9 heteroatoms. The minimum absolute atomic E-state index is 0.109. The number of rotatable bonds is 8. The van der Waals surface area contributed by atoms with Gasteiger partial charge in [0.25, 0.3) is 0 Å². The van der Waals surface area contributed by atoms with Gasteiger partial charge in [-0.3, -0.25) is 4.79 Å². The number of ether oxygens (including phenoxy) is 2. The van der Waals surface area contributed by atoms with Gasteiger partial charge in [-0.15, -0.1) is 5.10 Å². The highest BCUT2D eigenvalue weighted by molar-refractivity contribution is 6.01. The molecule has 0 atom stereocenters. The van der Waals surface area contributed by atoms with Crippen molar-refractivity contribution in [3.05, 3.63) is 90.3 Å². The summed E-state index contributed by atoms with van der Waals surface area (Å²) in [7, 11) is 0. The molecule has 35 heavy (non-hydrogen) atoms. The number of amides is 1. The Bertz CT molecular complexity index is 1250. The van der Waals surface area contributed by atoms with Gasteiger partial charge in [0.2, 0.25) is 0 Å². The van der Waals surface area contributed by atoms with Crippen molar-refractivity contribution in [2.75, 3.05) is 41.8 Å². The van der Waals surface area contributed by atoms with E-state index in [0.29, 0.717) is 23.7 Å². The summed E-state index contributed by atoms with van der Waals surface area (Å²) in [6.45, 7) is 3.60. The SMILES string of the molecule is O=C(Nc1ccc(N2CCOCC2)cc1)c1nnc(Nc2cccc(OCc3ccccc3)c2)o1. The van der Waals surface area contributed by atoms with Crippen LogP contribution in [0.4, 0.5) is 23.1 Å². The van der Waals surface area contributed by atoms with Crippen LogP contribution in [0.25, 0.3) is 0 Å². The van der Waals surface area contributed by atoms with Gasteiger partial charge >= 0.3 is 17.8 Å². The smallest absolute Gasteiger partial charge is 0.320 e. The zero-order valence-corrected chi connectivity index (χ0v) is 19.0. The maximum atomic E-state index is 12.6. The Labute approximate surface area is 202 Å². The molecule has 0 unspecified atom stereocenters. The molecule has 1 aromatic heterocycles. The first-order valence-electron chi connectivity index (χ1n) is 11.3. The van der Waals surface area contributed by atoms with E-state index < -0.39 is 5.91 Å². The van der Waals surface area contributed by atoms with Crippen LogP contribution in [-0.2, 0) is 11.3 Å². The third-order valence-electron chi connectivity index (χ3n) is 5.45. The third-order valence-corrected chi connectivity index (χ3v) is 5.45. The lowest BCUT2D eigenvalue weighted by atomic mass is 10.2. The molecular formula is C26H25N5O4. The predicted octanol–water partition coefficient (Wildman–Crippen LogP) is 4.48. The summed E-state index contributed by atoms with van der Waals surface area (Å²) < 4.78 is 16.7. The van der Waals surface area contributed by atoms with Crippen LogP contribution in [0, 0.1) is 0 Å². The first kappa shape index (κ1) is 22.4. The number of benzene rings is 3. The highest BCUT2D eigenvalue weighted by Gasteiger charge is 2.16. The van der Waals surface area contributed by atoms with Crippen molar-refractivity contribution in [3.8, 4) is 5.75 Å². The minimum Gasteiger partial charge on any atom is -0.489 e. The fraction of sp³-hybridized carbons (Fsp3) is 0.192. The lowest BCUT2D eigenvalue weighted by Gasteiger charge is -2.28. The average molecular weight is 472 g/mol. The molecule has 0 radical (unpaired) electrons. The normalized spacial score (nSPS) is 13.3. The average Bonchev–Trinajstić information content (AvgIpc) is 3.38. The monoisotopic (exact) mass is 471 g/mol. The van der Waals surface area contributed by atoms with E-state index in [-0.39, 0.29) is 11.9 Å². The minimum atomic E-state index is -0.482. The maximum absolute atomic E-state index is 12.6. The van der Waals surface area contributed by atoms with Gasteiger partial charge in [0.05, 0.1) is 13.2 Å². The summed E-state index contributed by atoms with van der Waals surface area (Å²) in [5, 5.41) is 13.6. The molecule has 2 heterocycles. The van der Waals surface area contributed by atoms with Crippen molar-refractivity contribution < 1.29 is 18.7 Å². The van der Waals surface area contributed by atoms with Crippen molar-refractivity contribution in [2.24, 2.45) is 0 Å². The molecular weight excluding hydrogens is 446 g/mol. The first-order valence-corrected chi connectivity index (χ1v) is 11.3. The maximum Gasteiger partial charge on any atom is 0.320 e. The van der Waals surface area contributed by atoms with Crippen molar-refractivity contribution >= 4 is 29.0 Å². The Morgan fingerprint density at radius 1 is 0.914 bits per heavy atom. The van der Waals surface area contributed by atoms with Gasteiger partial charge in [0.1, 0.15) is 12.4 Å². The Hall–Kier alpha value is -4.37. The molecule has 4 aromatic rings. The second kappa shape index (κ2) is 10.7. The van der Waals surface area contributed by atoms with Gasteiger partial charge in [0, 0.05) is 36.2 Å². The molecule has 0 bridgehead atoms. The van der Waals surface area contributed by atoms with E-state index in [1.807, 2.05) is 78.9 Å². The zero-order valence-electron chi connectivity index (χ0n) is 19.0. The van der Waals surface area contributed by atoms with Crippen molar-refractivity contribution in [3.63, 3.8) is 0 Å². The fourth-order valence-electron chi connectivity index (χ4n) is 3.66. The quantitative estimate of drug-likeness (QED) is 0.388. The van der Waals surface area contributed by atoms with Gasteiger partial charge < -0.3 is 29.4 Å². The third kappa shape index (κ3) is 5.96. The number of carbonyl (C=O) groups excluding carboxylic acids is 1. The van der Waals surface area contributed by atoms with E-state index in [2.05, 4.69) is 25.7 Å². The lowest BCUT2D eigenvalue weighted by Crippen LogP contribution is -2.36. The van der Waals surface area contributed by atoms with E-state index in [1.54, 1.807) is 0 Å². The van der Waals surface area contributed by atoms with Crippen molar-refractivity contribution in [2.45, 2.75) is 6.61 Å². The summed E-state index contributed by atoms with van der Waals surface area (Å²) in [6, 6.07) is 25.0. The van der Waals surface area contributed by atoms with Crippen LogP contribution >= 0.6 is 0 Å². The Kier molecular flexibility index (Phi) is 6.86. The van der Waals surface area contributed by atoms with Crippen LogP contribution in [0.3, 0.4) is 0 Å². The van der Waals surface area contributed by atoms with Crippen LogP contribution in [0.5, 0.6) is 5.75 Å². The van der Waals surface area contributed by atoms with Crippen LogP contribution in [0.15, 0.2) is 83.3 Å². The number of nitrogens with zero attached hydrogens (tertiary/aromatic N) is 3. The second-order valence-electron chi connectivity index (χ2n) is 7.94. The Balaban J connectivity index is 1.16. The molecule has 1 saturated heterocycles. The largest absolute Gasteiger partial charge is 0.489 e. The lowest BCUT2D eigenvalue weighted by molar-refractivity contribution is 0.0991. The number of aromatic nitrogens is 2. The molecule has 178 valence electrons. The van der Waals surface area contributed by atoms with Gasteiger partial charge in [-0.1, -0.05) is 41.5 Å². The highest BCUT2D eigenvalue weighted by Crippen LogP contribution is 2.23. The standard InChI is InChI=1S/C26H25N5O4/c32-24(27-20-9-11-22(12-10-20)31-13-15-33-16-14-31)25-29-30-26(35-25)28-21-7-4-8-23(17-21)34-18-19-5-2-1-3-6-19/h1-12,17H,13-16,18H2,(H,27,32)(H,28,30). The van der Waals surface area contributed by atoms with Crippen LogP contribution < -0.4 is 20.3 Å². The molecule has 1 aliphatic rings. The molecule has 2 N–H and O–H groups in total. The van der Waals surface area contributed by atoms with Crippen LogP contribution in [-0.4, -0.2) is 42.4 Å². The number of morpholine rings is 1. The molecule has 3 aromatic carbocycles. The second-order valence-corrected chi connectivity index (χ2v) is 7.94. The molecule has 0 aliphatic carbocycles. The number of carbonyl (C=O) groups is 1. The van der Waals surface area contributed by atoms with Crippen LogP contribution in [0.1, 0.15) is 16.2 Å². The van der Waals surface area contributed by atoms with E-state index >= 15 is 0 Å². The molecule has 1 aliphatic heterocycles. The fourth-order valence-corrected chi connectivity index (χ4v) is 3.66. The number of nitrogens with one attached hydrogen (secondary N) is 2. The van der Waals surface area contributed by atoms with E-state index in [1.165, 1.54) is 0 Å². The van der Waals surface area contributed by atoms with Crippen molar-refractivity contribution in [1.82, 2.24) is 10.2 Å².